The van der Waals surface area contributed by atoms with Crippen molar-refractivity contribution >= 4 is 23.8 Å². The van der Waals surface area contributed by atoms with Crippen molar-refractivity contribution in [2.24, 2.45) is 0 Å². The van der Waals surface area contributed by atoms with Crippen LogP contribution in [0.2, 0.25) is 0 Å². The highest BCUT2D eigenvalue weighted by Crippen LogP contribution is 2.29. The van der Waals surface area contributed by atoms with Crippen LogP contribution in [0, 0.1) is 0 Å². The topological polar surface area (TPSA) is 78.4 Å². The van der Waals surface area contributed by atoms with E-state index in [1.54, 1.807) is 18.7 Å². The maximum absolute atomic E-state index is 11.6. The summed E-state index contributed by atoms with van der Waals surface area (Å²) in [6, 6.07) is -0.668. The van der Waals surface area contributed by atoms with Gasteiger partial charge in [-0.15, -0.1) is 0 Å². The summed E-state index contributed by atoms with van der Waals surface area (Å²) in [5, 5.41) is 14.0. The summed E-state index contributed by atoms with van der Waals surface area (Å²) in [5.74, 6) is -0.914. The second-order valence-electron chi connectivity index (χ2n) is 4.42. The lowest BCUT2D eigenvalue weighted by Gasteiger charge is -2.30. The second kappa shape index (κ2) is 8.24. The molecule has 0 spiro atoms. The number of aliphatic carboxylic acids is 1. The van der Waals surface area contributed by atoms with E-state index in [9.17, 15) is 9.59 Å². The largest absolute Gasteiger partial charge is 0.481 e. The third-order valence-corrected chi connectivity index (χ3v) is 4.74. The van der Waals surface area contributed by atoms with Gasteiger partial charge in [-0.3, -0.25) is 4.79 Å². The molecule has 0 aromatic heterocycles. The van der Waals surface area contributed by atoms with E-state index in [2.05, 4.69) is 24.5 Å². The van der Waals surface area contributed by atoms with Crippen LogP contribution in [-0.2, 0) is 4.79 Å². The Labute approximate surface area is 113 Å². The molecule has 106 valence electrons. The zero-order valence-electron chi connectivity index (χ0n) is 11.6. The number of carboxylic acid groups (broad SMARTS) is 1. The molecule has 1 unspecified atom stereocenters. The highest BCUT2D eigenvalue weighted by atomic mass is 32.2. The van der Waals surface area contributed by atoms with Crippen LogP contribution in [0.3, 0.4) is 0 Å². The summed E-state index contributed by atoms with van der Waals surface area (Å²) in [5.41, 5.74) is 0. The van der Waals surface area contributed by atoms with E-state index in [1.807, 2.05) is 6.26 Å². The third kappa shape index (κ3) is 6.14. The molecule has 6 heteroatoms. The first-order chi connectivity index (χ1) is 8.39. The minimum Gasteiger partial charge on any atom is -0.481 e. The molecule has 0 radical (unpaired) electrons. The summed E-state index contributed by atoms with van der Waals surface area (Å²) in [4.78, 5) is 22.1. The lowest BCUT2D eigenvalue weighted by atomic mass is 10.0. The number of amides is 2. The number of rotatable bonds is 8. The molecular formula is C12H24N2O3S. The lowest BCUT2D eigenvalue weighted by Crippen LogP contribution is -2.47. The van der Waals surface area contributed by atoms with Gasteiger partial charge in [0.25, 0.3) is 0 Å². The molecule has 2 amide bonds. The molecule has 0 rings (SSSR count). The van der Waals surface area contributed by atoms with Crippen LogP contribution in [0.1, 0.15) is 40.0 Å². The maximum Gasteiger partial charge on any atom is 0.315 e. The van der Waals surface area contributed by atoms with Crippen molar-refractivity contribution < 1.29 is 14.7 Å². The Morgan fingerprint density at radius 1 is 1.33 bits per heavy atom. The SMILES string of the molecule is CCC(CC)(CNC(=O)NC(C)CC(=O)O)SC. The van der Waals surface area contributed by atoms with Crippen molar-refractivity contribution in [3.63, 3.8) is 0 Å². The van der Waals surface area contributed by atoms with Gasteiger partial charge in [-0.05, 0) is 26.0 Å². The van der Waals surface area contributed by atoms with E-state index < -0.39 is 5.97 Å². The summed E-state index contributed by atoms with van der Waals surface area (Å²) < 4.78 is 0.0629. The molecule has 0 fully saturated rings. The number of thioether (sulfide) groups is 1. The number of carbonyl (C=O) groups is 2. The second-order valence-corrected chi connectivity index (χ2v) is 5.69. The molecule has 0 aromatic carbocycles. The van der Waals surface area contributed by atoms with Gasteiger partial charge in [-0.25, -0.2) is 4.79 Å². The summed E-state index contributed by atoms with van der Waals surface area (Å²) in [6.07, 6.45) is 3.94. The Kier molecular flexibility index (Phi) is 7.82. The first-order valence-electron chi connectivity index (χ1n) is 6.20. The van der Waals surface area contributed by atoms with Crippen LogP contribution >= 0.6 is 11.8 Å². The lowest BCUT2D eigenvalue weighted by molar-refractivity contribution is -0.137. The van der Waals surface area contributed by atoms with E-state index >= 15 is 0 Å². The molecule has 18 heavy (non-hydrogen) atoms. The fourth-order valence-electron chi connectivity index (χ4n) is 1.69. The Balaban J connectivity index is 4.13. The Bertz CT molecular complexity index is 272. The maximum atomic E-state index is 11.6. The normalized spacial score (nSPS) is 12.9. The van der Waals surface area contributed by atoms with Gasteiger partial charge >= 0.3 is 12.0 Å². The first-order valence-corrected chi connectivity index (χ1v) is 7.43. The zero-order chi connectivity index (χ0) is 14.2. The van der Waals surface area contributed by atoms with Gasteiger partial charge in [0.2, 0.25) is 0 Å². The van der Waals surface area contributed by atoms with E-state index in [1.165, 1.54) is 0 Å². The summed E-state index contributed by atoms with van der Waals surface area (Å²) in [6.45, 7) is 6.47. The predicted molar refractivity (Wildman–Crippen MR) is 75.1 cm³/mol. The zero-order valence-corrected chi connectivity index (χ0v) is 12.4. The van der Waals surface area contributed by atoms with Gasteiger partial charge in [-0.2, -0.15) is 11.8 Å². The first kappa shape index (κ1) is 17.1. The van der Waals surface area contributed by atoms with Crippen LogP contribution in [0.4, 0.5) is 4.79 Å². The Morgan fingerprint density at radius 2 is 1.89 bits per heavy atom. The van der Waals surface area contributed by atoms with Crippen molar-refractivity contribution in [2.75, 3.05) is 12.8 Å². The number of hydrogen-bond donors (Lipinski definition) is 3. The summed E-state index contributed by atoms with van der Waals surface area (Å²) >= 11 is 1.75. The molecule has 0 saturated carbocycles. The van der Waals surface area contributed by atoms with Crippen molar-refractivity contribution in [2.45, 2.75) is 50.8 Å². The van der Waals surface area contributed by atoms with Crippen LogP contribution < -0.4 is 10.6 Å². The minimum atomic E-state index is -0.914. The fourth-order valence-corrected chi connectivity index (χ4v) is 2.48. The van der Waals surface area contributed by atoms with Crippen molar-refractivity contribution in [1.82, 2.24) is 10.6 Å². The van der Waals surface area contributed by atoms with Crippen LogP contribution in [0.25, 0.3) is 0 Å². The molecule has 0 aliphatic carbocycles. The molecule has 0 saturated heterocycles. The number of carboxylic acids is 1. The molecular weight excluding hydrogens is 252 g/mol. The number of hydrogen-bond acceptors (Lipinski definition) is 3. The van der Waals surface area contributed by atoms with Crippen molar-refractivity contribution in [3.05, 3.63) is 0 Å². The Hall–Kier alpha value is -0.910. The van der Waals surface area contributed by atoms with Gasteiger partial charge in [0.1, 0.15) is 0 Å². The smallest absolute Gasteiger partial charge is 0.315 e. The van der Waals surface area contributed by atoms with Gasteiger partial charge < -0.3 is 15.7 Å². The Morgan fingerprint density at radius 3 is 2.28 bits per heavy atom. The minimum absolute atomic E-state index is 0.0629. The molecule has 0 aromatic rings. The van der Waals surface area contributed by atoms with Gasteiger partial charge in [0.15, 0.2) is 0 Å². The molecule has 1 atom stereocenters. The molecule has 5 nitrogen and oxygen atoms in total. The number of carbonyl (C=O) groups excluding carboxylic acids is 1. The molecule has 3 N–H and O–H groups in total. The number of urea groups is 1. The third-order valence-electron chi connectivity index (χ3n) is 3.15. The standard InChI is InChI=1S/C12H24N2O3S/c1-5-12(6-2,18-4)8-13-11(17)14-9(3)7-10(15)16/h9H,5-8H2,1-4H3,(H,15,16)(H2,13,14,17). The average Bonchev–Trinajstić information content (AvgIpc) is 2.30. The highest BCUT2D eigenvalue weighted by Gasteiger charge is 2.25. The average molecular weight is 276 g/mol. The predicted octanol–water partition coefficient (Wildman–Crippen LogP) is 2.07. The van der Waals surface area contributed by atoms with E-state index in [-0.39, 0.29) is 23.2 Å². The van der Waals surface area contributed by atoms with Crippen molar-refractivity contribution in [1.29, 1.82) is 0 Å². The fraction of sp³-hybridized carbons (Fsp3) is 0.833. The molecule has 0 heterocycles. The van der Waals surface area contributed by atoms with Crippen LogP contribution in [0.5, 0.6) is 0 Å². The number of nitrogens with one attached hydrogen (secondary N) is 2. The van der Waals surface area contributed by atoms with E-state index in [0.717, 1.165) is 12.8 Å². The van der Waals surface area contributed by atoms with Crippen LogP contribution in [0.15, 0.2) is 0 Å². The molecule has 0 bridgehead atoms. The monoisotopic (exact) mass is 276 g/mol. The quantitative estimate of drug-likeness (QED) is 0.634. The van der Waals surface area contributed by atoms with Gasteiger partial charge in [0.05, 0.1) is 6.42 Å². The van der Waals surface area contributed by atoms with E-state index in [4.69, 9.17) is 5.11 Å². The van der Waals surface area contributed by atoms with Gasteiger partial charge in [0, 0.05) is 17.3 Å². The molecule has 0 aliphatic rings. The highest BCUT2D eigenvalue weighted by molar-refractivity contribution is 8.00. The van der Waals surface area contributed by atoms with Crippen molar-refractivity contribution in [3.8, 4) is 0 Å². The van der Waals surface area contributed by atoms with Crippen LogP contribution in [-0.4, -0.2) is 40.7 Å². The summed E-state index contributed by atoms with van der Waals surface area (Å²) in [7, 11) is 0. The van der Waals surface area contributed by atoms with Gasteiger partial charge in [-0.1, -0.05) is 13.8 Å². The molecule has 0 aliphatic heterocycles. The van der Waals surface area contributed by atoms with E-state index in [0.29, 0.717) is 6.54 Å².